The fourth-order valence-corrected chi connectivity index (χ4v) is 2.73. The Balaban J connectivity index is 3.37. The number of rotatable bonds is 15. The van der Waals surface area contributed by atoms with Crippen molar-refractivity contribution >= 4 is 0 Å². The SMILES string of the molecule is CC(C)(O)CCC(C)(O)CCCCCCCCCCCCO. The molecule has 0 bridgehead atoms. The lowest BCUT2D eigenvalue weighted by atomic mass is 9.88. The molecule has 0 saturated carbocycles. The van der Waals surface area contributed by atoms with E-state index in [1.54, 1.807) is 13.8 Å². The minimum absolute atomic E-state index is 0.333. The van der Waals surface area contributed by atoms with Gasteiger partial charge in [-0.2, -0.15) is 0 Å². The maximum Gasteiger partial charge on any atom is 0.0620 e. The summed E-state index contributed by atoms with van der Waals surface area (Å²) in [6.45, 7) is 5.82. The molecule has 1 atom stereocenters. The van der Waals surface area contributed by atoms with Crippen LogP contribution in [0.3, 0.4) is 0 Å². The van der Waals surface area contributed by atoms with Gasteiger partial charge in [-0.3, -0.25) is 0 Å². The number of aliphatic hydroxyl groups is 3. The Bertz CT molecular complexity index is 244. The summed E-state index contributed by atoms with van der Waals surface area (Å²) < 4.78 is 0. The monoisotopic (exact) mass is 316 g/mol. The molecule has 134 valence electrons. The van der Waals surface area contributed by atoms with E-state index in [9.17, 15) is 10.2 Å². The summed E-state index contributed by atoms with van der Waals surface area (Å²) in [4.78, 5) is 0. The second kappa shape index (κ2) is 12.3. The van der Waals surface area contributed by atoms with Crippen LogP contribution < -0.4 is 0 Å². The van der Waals surface area contributed by atoms with Crippen molar-refractivity contribution < 1.29 is 15.3 Å². The van der Waals surface area contributed by atoms with Crippen LogP contribution in [0.15, 0.2) is 0 Å². The van der Waals surface area contributed by atoms with E-state index in [0.29, 0.717) is 19.4 Å². The van der Waals surface area contributed by atoms with Crippen LogP contribution in [0.4, 0.5) is 0 Å². The standard InChI is InChI=1S/C19H40O3/c1-18(2,21)15-16-19(3,22)14-12-10-8-6-4-5-7-9-11-13-17-20/h20-22H,4-17H2,1-3H3. The van der Waals surface area contributed by atoms with E-state index in [0.717, 1.165) is 25.7 Å². The van der Waals surface area contributed by atoms with Crippen molar-refractivity contribution in [1.82, 2.24) is 0 Å². The van der Waals surface area contributed by atoms with Crippen LogP contribution in [-0.2, 0) is 0 Å². The van der Waals surface area contributed by atoms with Gasteiger partial charge in [-0.25, -0.2) is 0 Å². The fraction of sp³-hybridized carbons (Fsp3) is 1.00. The maximum atomic E-state index is 10.3. The quantitative estimate of drug-likeness (QED) is 0.388. The van der Waals surface area contributed by atoms with Gasteiger partial charge in [-0.15, -0.1) is 0 Å². The van der Waals surface area contributed by atoms with Crippen molar-refractivity contribution in [1.29, 1.82) is 0 Å². The third-order valence-electron chi connectivity index (χ3n) is 4.40. The second-order valence-corrected chi connectivity index (χ2v) is 7.82. The lowest BCUT2D eigenvalue weighted by molar-refractivity contribution is -0.000182. The minimum Gasteiger partial charge on any atom is -0.396 e. The molecule has 3 nitrogen and oxygen atoms in total. The number of hydrogen-bond donors (Lipinski definition) is 3. The lowest BCUT2D eigenvalue weighted by Crippen LogP contribution is -2.29. The molecule has 0 radical (unpaired) electrons. The third-order valence-corrected chi connectivity index (χ3v) is 4.40. The summed E-state index contributed by atoms with van der Waals surface area (Å²) >= 11 is 0. The van der Waals surface area contributed by atoms with E-state index < -0.39 is 11.2 Å². The molecule has 0 aromatic heterocycles. The van der Waals surface area contributed by atoms with Gasteiger partial charge in [0.15, 0.2) is 0 Å². The van der Waals surface area contributed by atoms with Gasteiger partial charge in [0.05, 0.1) is 11.2 Å². The molecule has 0 heterocycles. The number of aliphatic hydroxyl groups excluding tert-OH is 1. The molecule has 0 rings (SSSR count). The smallest absolute Gasteiger partial charge is 0.0620 e. The zero-order valence-electron chi connectivity index (χ0n) is 15.2. The Hall–Kier alpha value is -0.120. The van der Waals surface area contributed by atoms with Gasteiger partial charge < -0.3 is 15.3 Å². The molecule has 0 aromatic rings. The summed E-state index contributed by atoms with van der Waals surface area (Å²) in [6, 6.07) is 0. The van der Waals surface area contributed by atoms with Crippen molar-refractivity contribution in [2.45, 2.75) is 115 Å². The summed E-state index contributed by atoms with van der Waals surface area (Å²) in [7, 11) is 0. The molecule has 0 aromatic carbocycles. The van der Waals surface area contributed by atoms with Crippen LogP contribution >= 0.6 is 0 Å². The zero-order chi connectivity index (χ0) is 16.9. The van der Waals surface area contributed by atoms with E-state index in [-0.39, 0.29) is 0 Å². The lowest BCUT2D eigenvalue weighted by Gasteiger charge is -2.27. The molecule has 1 unspecified atom stereocenters. The van der Waals surface area contributed by atoms with Gasteiger partial charge in [0.1, 0.15) is 0 Å². The Morgan fingerprint density at radius 1 is 0.545 bits per heavy atom. The topological polar surface area (TPSA) is 60.7 Å². The molecular weight excluding hydrogens is 276 g/mol. The summed E-state index contributed by atoms with van der Waals surface area (Å²) in [6.07, 6.45) is 14.3. The van der Waals surface area contributed by atoms with Gasteiger partial charge in [0.2, 0.25) is 0 Å². The average Bonchev–Trinajstić information content (AvgIpc) is 2.42. The predicted molar refractivity (Wildman–Crippen MR) is 94.0 cm³/mol. The molecule has 0 amide bonds. The number of unbranched alkanes of at least 4 members (excludes halogenated alkanes) is 9. The van der Waals surface area contributed by atoms with E-state index in [2.05, 4.69) is 0 Å². The van der Waals surface area contributed by atoms with Crippen LogP contribution in [-0.4, -0.2) is 33.1 Å². The van der Waals surface area contributed by atoms with Crippen molar-refractivity contribution in [3.8, 4) is 0 Å². The van der Waals surface area contributed by atoms with Gasteiger partial charge in [0.25, 0.3) is 0 Å². The Kier molecular flexibility index (Phi) is 12.3. The largest absolute Gasteiger partial charge is 0.396 e. The molecule has 0 aliphatic heterocycles. The van der Waals surface area contributed by atoms with Gasteiger partial charge >= 0.3 is 0 Å². The van der Waals surface area contributed by atoms with Crippen molar-refractivity contribution in [2.75, 3.05) is 6.61 Å². The first-order chi connectivity index (χ1) is 10.3. The molecule has 0 saturated heterocycles. The fourth-order valence-electron chi connectivity index (χ4n) is 2.73. The maximum absolute atomic E-state index is 10.3. The van der Waals surface area contributed by atoms with Gasteiger partial charge in [-0.1, -0.05) is 57.8 Å². The minimum atomic E-state index is -0.679. The first-order valence-corrected chi connectivity index (χ1v) is 9.32. The molecular formula is C19H40O3. The zero-order valence-corrected chi connectivity index (χ0v) is 15.2. The van der Waals surface area contributed by atoms with Crippen LogP contribution in [0.25, 0.3) is 0 Å². The van der Waals surface area contributed by atoms with Gasteiger partial charge in [0, 0.05) is 6.61 Å². The Labute approximate surface area is 138 Å². The van der Waals surface area contributed by atoms with Crippen LogP contribution in [0.1, 0.15) is 104 Å². The second-order valence-electron chi connectivity index (χ2n) is 7.82. The first-order valence-electron chi connectivity index (χ1n) is 9.32. The molecule has 0 aliphatic rings. The normalized spacial score (nSPS) is 15.0. The summed E-state index contributed by atoms with van der Waals surface area (Å²) in [5.41, 5.74) is -1.31. The molecule has 22 heavy (non-hydrogen) atoms. The third kappa shape index (κ3) is 16.3. The van der Waals surface area contributed by atoms with Crippen molar-refractivity contribution in [3.05, 3.63) is 0 Å². The highest BCUT2D eigenvalue weighted by Gasteiger charge is 2.23. The van der Waals surface area contributed by atoms with E-state index in [1.165, 1.54) is 44.9 Å². The highest BCUT2D eigenvalue weighted by molar-refractivity contribution is 4.77. The first kappa shape index (κ1) is 21.9. The van der Waals surface area contributed by atoms with E-state index in [4.69, 9.17) is 5.11 Å². The van der Waals surface area contributed by atoms with Crippen LogP contribution in [0.5, 0.6) is 0 Å². The summed E-state index contributed by atoms with van der Waals surface area (Å²) in [5, 5.41) is 28.7. The highest BCUT2D eigenvalue weighted by Crippen LogP contribution is 2.24. The van der Waals surface area contributed by atoms with Crippen molar-refractivity contribution in [3.63, 3.8) is 0 Å². The predicted octanol–water partition coefficient (Wildman–Crippen LogP) is 4.57. The van der Waals surface area contributed by atoms with Gasteiger partial charge in [-0.05, 0) is 46.5 Å². The highest BCUT2D eigenvalue weighted by atomic mass is 16.3. The van der Waals surface area contributed by atoms with Crippen molar-refractivity contribution in [2.24, 2.45) is 0 Å². The Morgan fingerprint density at radius 3 is 1.36 bits per heavy atom. The summed E-state index contributed by atoms with van der Waals surface area (Å²) in [5.74, 6) is 0. The molecule has 0 spiro atoms. The van der Waals surface area contributed by atoms with Crippen LogP contribution in [0, 0.1) is 0 Å². The molecule has 3 heteroatoms. The average molecular weight is 317 g/mol. The van der Waals surface area contributed by atoms with E-state index in [1.807, 2.05) is 6.92 Å². The Morgan fingerprint density at radius 2 is 0.955 bits per heavy atom. The van der Waals surface area contributed by atoms with E-state index >= 15 is 0 Å². The number of hydrogen-bond acceptors (Lipinski definition) is 3. The molecule has 0 fully saturated rings. The molecule has 0 aliphatic carbocycles. The molecule has 3 N–H and O–H groups in total. The van der Waals surface area contributed by atoms with Crippen LogP contribution in [0.2, 0.25) is 0 Å².